The van der Waals surface area contributed by atoms with Gasteiger partial charge in [-0.3, -0.25) is 0 Å². The molecule has 3 N–H and O–H groups in total. The number of nitrogens with two attached hydrogens (primary N) is 1. The highest BCUT2D eigenvalue weighted by molar-refractivity contribution is 7.99. The summed E-state index contributed by atoms with van der Waals surface area (Å²) in [5, 5.41) is 10.2. The lowest BCUT2D eigenvalue weighted by Gasteiger charge is -2.31. The second kappa shape index (κ2) is 6.78. The predicted octanol–water partition coefficient (Wildman–Crippen LogP) is 1.80. The molecular formula is C14H18F3N3OS. The van der Waals surface area contributed by atoms with E-state index in [1.54, 1.807) is 22.7 Å². The van der Waals surface area contributed by atoms with Crippen LogP contribution >= 0.6 is 11.8 Å². The van der Waals surface area contributed by atoms with Crippen molar-refractivity contribution in [1.82, 2.24) is 4.90 Å². The topological polar surface area (TPSA) is 61.9 Å². The first-order valence-electron chi connectivity index (χ1n) is 6.82. The third-order valence-corrected chi connectivity index (χ3v) is 4.47. The van der Waals surface area contributed by atoms with Crippen molar-refractivity contribution in [1.29, 1.82) is 0 Å². The largest absolute Gasteiger partial charge is 0.423 e. The molecule has 1 aromatic rings. The molecule has 0 radical (unpaired) electrons. The van der Waals surface area contributed by atoms with Gasteiger partial charge in [-0.1, -0.05) is 30.3 Å². The fraction of sp³-hybridized carbons (Fsp3) is 0.500. The Morgan fingerprint density at radius 1 is 1.23 bits per heavy atom. The van der Waals surface area contributed by atoms with E-state index in [4.69, 9.17) is 5.73 Å². The SMILES string of the molecule is NC(=NCC(O)(c1ccccc1)C(F)(F)F)N1CCSCC1. The van der Waals surface area contributed by atoms with Crippen molar-refractivity contribution in [3.63, 3.8) is 0 Å². The minimum absolute atomic E-state index is 0.0407. The summed E-state index contributed by atoms with van der Waals surface area (Å²) < 4.78 is 39.9. The molecular weight excluding hydrogens is 315 g/mol. The molecule has 0 aliphatic carbocycles. The molecule has 1 aliphatic rings. The number of nitrogens with zero attached hydrogens (tertiary/aromatic N) is 2. The molecule has 0 amide bonds. The van der Waals surface area contributed by atoms with Gasteiger partial charge in [0.2, 0.25) is 5.60 Å². The molecule has 4 nitrogen and oxygen atoms in total. The van der Waals surface area contributed by atoms with E-state index < -0.39 is 18.3 Å². The molecule has 22 heavy (non-hydrogen) atoms. The molecule has 0 bridgehead atoms. The van der Waals surface area contributed by atoms with Crippen LogP contribution in [0.3, 0.4) is 0 Å². The molecule has 0 saturated carbocycles. The van der Waals surface area contributed by atoms with Crippen molar-refractivity contribution >= 4 is 17.7 Å². The third kappa shape index (κ3) is 3.67. The van der Waals surface area contributed by atoms with E-state index in [2.05, 4.69) is 4.99 Å². The van der Waals surface area contributed by atoms with Crippen molar-refractivity contribution in [3.05, 3.63) is 35.9 Å². The molecule has 1 saturated heterocycles. The summed E-state index contributed by atoms with van der Waals surface area (Å²) in [6.07, 6.45) is -4.84. The van der Waals surface area contributed by atoms with E-state index in [1.807, 2.05) is 0 Å². The number of hydrogen-bond donors (Lipinski definition) is 2. The summed E-state index contributed by atoms with van der Waals surface area (Å²) in [4.78, 5) is 5.54. The highest BCUT2D eigenvalue weighted by Crippen LogP contribution is 2.39. The van der Waals surface area contributed by atoms with Crippen molar-refractivity contribution < 1.29 is 18.3 Å². The molecule has 0 aromatic heterocycles. The van der Waals surface area contributed by atoms with Gasteiger partial charge in [-0.15, -0.1) is 0 Å². The van der Waals surface area contributed by atoms with Gasteiger partial charge in [-0.05, 0) is 5.56 Å². The molecule has 1 heterocycles. The fourth-order valence-corrected chi connectivity index (χ4v) is 3.05. The number of aliphatic imine (C=N–C) groups is 1. The van der Waals surface area contributed by atoms with E-state index in [0.717, 1.165) is 11.5 Å². The van der Waals surface area contributed by atoms with Crippen LogP contribution in [0.2, 0.25) is 0 Å². The third-order valence-electron chi connectivity index (χ3n) is 3.53. The number of rotatable bonds is 3. The van der Waals surface area contributed by atoms with Crippen molar-refractivity contribution in [2.24, 2.45) is 10.7 Å². The smallest absolute Gasteiger partial charge is 0.375 e. The molecule has 1 aliphatic heterocycles. The first kappa shape index (κ1) is 17.0. The normalized spacial score (nSPS) is 19.8. The van der Waals surface area contributed by atoms with Gasteiger partial charge in [0.25, 0.3) is 0 Å². The average Bonchev–Trinajstić information content (AvgIpc) is 2.53. The number of halogens is 3. The van der Waals surface area contributed by atoms with Gasteiger partial charge in [0.1, 0.15) is 0 Å². The Morgan fingerprint density at radius 3 is 2.36 bits per heavy atom. The number of thioether (sulfide) groups is 1. The quantitative estimate of drug-likeness (QED) is 0.654. The van der Waals surface area contributed by atoms with Gasteiger partial charge in [0.05, 0.1) is 6.54 Å². The summed E-state index contributed by atoms with van der Waals surface area (Å²) in [7, 11) is 0. The zero-order valence-corrected chi connectivity index (χ0v) is 12.7. The highest BCUT2D eigenvalue weighted by Gasteiger charge is 2.55. The van der Waals surface area contributed by atoms with Crippen LogP contribution in [0.1, 0.15) is 5.56 Å². The Kier molecular flexibility index (Phi) is 5.23. The summed E-state index contributed by atoms with van der Waals surface area (Å²) >= 11 is 1.76. The van der Waals surface area contributed by atoms with Crippen LogP contribution in [0.5, 0.6) is 0 Å². The van der Waals surface area contributed by atoms with Crippen molar-refractivity contribution in [2.45, 2.75) is 11.8 Å². The molecule has 8 heteroatoms. The second-order valence-corrected chi connectivity index (χ2v) is 6.22. The molecule has 2 rings (SSSR count). The monoisotopic (exact) mass is 333 g/mol. The Hall–Kier alpha value is -1.41. The van der Waals surface area contributed by atoms with Crippen LogP contribution in [0.4, 0.5) is 13.2 Å². The summed E-state index contributed by atoms with van der Waals surface area (Å²) in [5.74, 6) is 1.76. The van der Waals surface area contributed by atoms with Gasteiger partial charge in [0.15, 0.2) is 5.96 Å². The molecule has 1 unspecified atom stereocenters. The maximum absolute atomic E-state index is 13.3. The van der Waals surface area contributed by atoms with Crippen LogP contribution in [-0.2, 0) is 5.60 Å². The van der Waals surface area contributed by atoms with Gasteiger partial charge in [0, 0.05) is 24.6 Å². The van der Waals surface area contributed by atoms with E-state index in [9.17, 15) is 18.3 Å². The standard InChI is InChI=1S/C14H18F3N3OS/c15-14(16,17)13(21,11-4-2-1-3-5-11)10-19-12(18)20-6-8-22-9-7-20/h1-5,21H,6-10H2,(H2,18,19). The van der Waals surface area contributed by atoms with Crippen LogP contribution < -0.4 is 5.73 Å². The van der Waals surface area contributed by atoms with Crippen LogP contribution in [0.25, 0.3) is 0 Å². The van der Waals surface area contributed by atoms with E-state index in [1.165, 1.54) is 24.3 Å². The van der Waals surface area contributed by atoms with E-state index >= 15 is 0 Å². The molecule has 1 fully saturated rings. The van der Waals surface area contributed by atoms with Gasteiger partial charge in [-0.25, -0.2) is 4.99 Å². The van der Waals surface area contributed by atoms with Crippen LogP contribution in [0, 0.1) is 0 Å². The zero-order valence-electron chi connectivity index (χ0n) is 11.9. The highest BCUT2D eigenvalue weighted by atomic mass is 32.2. The molecule has 1 aromatic carbocycles. The van der Waals surface area contributed by atoms with Crippen molar-refractivity contribution in [3.8, 4) is 0 Å². The first-order chi connectivity index (χ1) is 10.3. The first-order valence-corrected chi connectivity index (χ1v) is 7.97. The van der Waals surface area contributed by atoms with Crippen molar-refractivity contribution in [2.75, 3.05) is 31.1 Å². The Morgan fingerprint density at radius 2 is 1.82 bits per heavy atom. The Balaban J connectivity index is 2.21. The lowest BCUT2D eigenvalue weighted by atomic mass is 9.93. The number of guanidine groups is 1. The van der Waals surface area contributed by atoms with Gasteiger partial charge in [-0.2, -0.15) is 24.9 Å². The maximum Gasteiger partial charge on any atom is 0.423 e. The number of alkyl halides is 3. The van der Waals surface area contributed by atoms with Gasteiger partial charge < -0.3 is 15.7 Å². The number of hydrogen-bond acceptors (Lipinski definition) is 3. The molecule has 0 spiro atoms. The molecule has 122 valence electrons. The minimum Gasteiger partial charge on any atom is -0.375 e. The summed E-state index contributed by atoms with van der Waals surface area (Å²) in [6.45, 7) is 0.446. The van der Waals surface area contributed by atoms with Crippen LogP contribution in [0.15, 0.2) is 35.3 Å². The fourth-order valence-electron chi connectivity index (χ4n) is 2.15. The van der Waals surface area contributed by atoms with E-state index in [-0.39, 0.29) is 11.5 Å². The maximum atomic E-state index is 13.3. The summed E-state index contributed by atoms with van der Waals surface area (Å²) in [5.41, 5.74) is 2.48. The lowest BCUT2D eigenvalue weighted by molar-refractivity contribution is -0.261. The summed E-state index contributed by atoms with van der Waals surface area (Å²) in [6, 6.07) is 6.94. The van der Waals surface area contributed by atoms with Gasteiger partial charge >= 0.3 is 6.18 Å². The predicted molar refractivity (Wildman–Crippen MR) is 81.8 cm³/mol. The minimum atomic E-state index is -4.84. The second-order valence-electron chi connectivity index (χ2n) is 5.00. The van der Waals surface area contributed by atoms with Crippen LogP contribution in [-0.4, -0.2) is 53.3 Å². The van der Waals surface area contributed by atoms with E-state index in [0.29, 0.717) is 13.1 Å². The molecule has 1 atom stereocenters. The lowest BCUT2D eigenvalue weighted by Crippen LogP contribution is -2.47. The Labute approximate surface area is 131 Å². The number of aliphatic hydroxyl groups is 1. The Bertz CT molecular complexity index is 518. The average molecular weight is 333 g/mol. The number of benzene rings is 1. The zero-order chi connectivity index (χ0) is 16.2.